The zero-order valence-electron chi connectivity index (χ0n) is 16.8. The standard InChI is InChI=1S/C22H27ClN4O2/c1-16(2)15-24-21(28)17-6-8-19(9-7-17)25-22(29)27-12-10-26(11-13-27)20-5-3-4-18(23)14-20/h3-9,14,16H,10-13,15H2,1-2H3,(H,24,28)(H,25,29). The van der Waals surface area contributed by atoms with Gasteiger partial charge in [-0.25, -0.2) is 4.79 Å². The van der Waals surface area contributed by atoms with E-state index in [4.69, 9.17) is 11.6 Å². The number of nitrogens with zero attached hydrogens (tertiary/aromatic N) is 2. The molecule has 7 heteroatoms. The second kappa shape index (κ2) is 9.65. The van der Waals surface area contributed by atoms with Gasteiger partial charge >= 0.3 is 6.03 Å². The lowest BCUT2D eigenvalue weighted by Gasteiger charge is -2.36. The molecule has 2 aromatic carbocycles. The molecule has 0 bridgehead atoms. The molecule has 29 heavy (non-hydrogen) atoms. The van der Waals surface area contributed by atoms with E-state index in [1.807, 2.05) is 38.1 Å². The van der Waals surface area contributed by atoms with Crippen LogP contribution in [-0.2, 0) is 0 Å². The minimum Gasteiger partial charge on any atom is -0.368 e. The SMILES string of the molecule is CC(C)CNC(=O)c1ccc(NC(=O)N2CCN(c3cccc(Cl)c3)CC2)cc1. The Hall–Kier alpha value is -2.73. The Labute approximate surface area is 176 Å². The predicted octanol–water partition coefficient (Wildman–Crippen LogP) is 4.08. The number of carbonyl (C=O) groups is 2. The highest BCUT2D eigenvalue weighted by molar-refractivity contribution is 6.30. The highest BCUT2D eigenvalue weighted by Gasteiger charge is 2.21. The van der Waals surface area contributed by atoms with Crippen LogP contribution in [0.4, 0.5) is 16.2 Å². The van der Waals surface area contributed by atoms with Gasteiger partial charge in [-0.3, -0.25) is 4.79 Å². The summed E-state index contributed by atoms with van der Waals surface area (Å²) < 4.78 is 0. The molecule has 0 atom stereocenters. The molecule has 0 unspecified atom stereocenters. The molecule has 3 rings (SSSR count). The van der Waals surface area contributed by atoms with Crippen molar-refractivity contribution >= 4 is 34.9 Å². The number of anilines is 2. The summed E-state index contributed by atoms with van der Waals surface area (Å²) in [5.74, 6) is 0.297. The third-order valence-electron chi connectivity index (χ3n) is 4.81. The van der Waals surface area contributed by atoms with E-state index in [1.54, 1.807) is 29.2 Å². The molecule has 1 fully saturated rings. The highest BCUT2D eigenvalue weighted by atomic mass is 35.5. The number of hydrogen-bond acceptors (Lipinski definition) is 3. The maximum absolute atomic E-state index is 12.6. The van der Waals surface area contributed by atoms with Crippen LogP contribution in [0.5, 0.6) is 0 Å². The van der Waals surface area contributed by atoms with Crippen LogP contribution in [0.3, 0.4) is 0 Å². The van der Waals surface area contributed by atoms with Crippen LogP contribution < -0.4 is 15.5 Å². The van der Waals surface area contributed by atoms with Gasteiger partial charge in [0.25, 0.3) is 5.91 Å². The summed E-state index contributed by atoms with van der Waals surface area (Å²) >= 11 is 6.07. The molecular weight excluding hydrogens is 388 g/mol. The molecule has 2 aromatic rings. The van der Waals surface area contributed by atoms with E-state index in [-0.39, 0.29) is 11.9 Å². The topological polar surface area (TPSA) is 64.7 Å². The summed E-state index contributed by atoms with van der Waals surface area (Å²) in [5, 5.41) is 6.50. The molecule has 0 spiro atoms. The van der Waals surface area contributed by atoms with Gasteiger partial charge < -0.3 is 20.4 Å². The van der Waals surface area contributed by atoms with Gasteiger partial charge in [0.2, 0.25) is 0 Å². The number of benzene rings is 2. The normalized spacial score (nSPS) is 14.1. The van der Waals surface area contributed by atoms with Crippen molar-refractivity contribution in [1.82, 2.24) is 10.2 Å². The van der Waals surface area contributed by atoms with Crippen LogP contribution in [-0.4, -0.2) is 49.6 Å². The minimum absolute atomic E-state index is 0.103. The van der Waals surface area contributed by atoms with Crippen molar-refractivity contribution in [3.63, 3.8) is 0 Å². The zero-order chi connectivity index (χ0) is 20.8. The fourth-order valence-electron chi connectivity index (χ4n) is 3.15. The van der Waals surface area contributed by atoms with Crippen LogP contribution in [0.2, 0.25) is 5.02 Å². The summed E-state index contributed by atoms with van der Waals surface area (Å²) in [6, 6.07) is 14.6. The zero-order valence-corrected chi connectivity index (χ0v) is 17.6. The van der Waals surface area contributed by atoms with Gasteiger partial charge in [0.05, 0.1) is 0 Å². The van der Waals surface area contributed by atoms with Gasteiger partial charge in [-0.15, -0.1) is 0 Å². The molecule has 0 saturated carbocycles. The Morgan fingerprint density at radius 1 is 1.03 bits per heavy atom. The third-order valence-corrected chi connectivity index (χ3v) is 5.04. The number of piperazine rings is 1. The van der Waals surface area contributed by atoms with Crippen molar-refractivity contribution in [1.29, 1.82) is 0 Å². The number of rotatable bonds is 5. The molecule has 1 aliphatic rings. The first kappa shape index (κ1) is 21.0. The van der Waals surface area contributed by atoms with Gasteiger partial charge in [-0.1, -0.05) is 31.5 Å². The lowest BCUT2D eigenvalue weighted by Crippen LogP contribution is -2.50. The molecule has 1 aliphatic heterocycles. The first-order chi connectivity index (χ1) is 13.9. The Morgan fingerprint density at radius 3 is 2.34 bits per heavy atom. The second-order valence-electron chi connectivity index (χ2n) is 7.57. The predicted molar refractivity (Wildman–Crippen MR) is 118 cm³/mol. The first-order valence-electron chi connectivity index (χ1n) is 9.87. The molecule has 1 saturated heterocycles. The van der Waals surface area contributed by atoms with E-state index < -0.39 is 0 Å². The van der Waals surface area contributed by atoms with Gasteiger partial charge in [0.15, 0.2) is 0 Å². The van der Waals surface area contributed by atoms with Crippen LogP contribution >= 0.6 is 11.6 Å². The number of halogens is 1. The Kier molecular flexibility index (Phi) is 6.99. The van der Waals surface area contributed by atoms with Crippen molar-refractivity contribution in [2.45, 2.75) is 13.8 Å². The maximum atomic E-state index is 12.6. The largest absolute Gasteiger partial charge is 0.368 e. The number of nitrogens with one attached hydrogen (secondary N) is 2. The van der Waals surface area contributed by atoms with E-state index in [9.17, 15) is 9.59 Å². The fourth-order valence-corrected chi connectivity index (χ4v) is 3.33. The minimum atomic E-state index is -0.132. The van der Waals surface area contributed by atoms with Crippen molar-refractivity contribution in [2.75, 3.05) is 42.9 Å². The molecular formula is C22H27ClN4O2. The van der Waals surface area contributed by atoms with Crippen molar-refractivity contribution in [2.24, 2.45) is 5.92 Å². The second-order valence-corrected chi connectivity index (χ2v) is 8.00. The molecule has 1 heterocycles. The monoisotopic (exact) mass is 414 g/mol. The number of amides is 3. The Morgan fingerprint density at radius 2 is 1.72 bits per heavy atom. The van der Waals surface area contributed by atoms with Crippen molar-refractivity contribution < 1.29 is 9.59 Å². The summed E-state index contributed by atoms with van der Waals surface area (Å²) in [6.45, 7) is 7.51. The van der Waals surface area contributed by atoms with E-state index in [1.165, 1.54) is 0 Å². The molecule has 154 valence electrons. The molecule has 6 nitrogen and oxygen atoms in total. The van der Waals surface area contributed by atoms with Crippen LogP contribution in [0.25, 0.3) is 0 Å². The van der Waals surface area contributed by atoms with Gasteiger partial charge in [0, 0.05) is 54.7 Å². The Bertz CT molecular complexity index is 846. The van der Waals surface area contributed by atoms with Crippen LogP contribution in [0.15, 0.2) is 48.5 Å². The van der Waals surface area contributed by atoms with Crippen molar-refractivity contribution in [3.8, 4) is 0 Å². The Balaban J connectivity index is 1.50. The summed E-state index contributed by atoms with van der Waals surface area (Å²) in [5.41, 5.74) is 2.33. The van der Waals surface area contributed by atoms with Gasteiger partial charge in [-0.2, -0.15) is 0 Å². The van der Waals surface area contributed by atoms with Crippen LogP contribution in [0.1, 0.15) is 24.2 Å². The first-order valence-corrected chi connectivity index (χ1v) is 10.2. The molecule has 0 radical (unpaired) electrons. The summed E-state index contributed by atoms with van der Waals surface area (Å²) in [4.78, 5) is 28.7. The summed E-state index contributed by atoms with van der Waals surface area (Å²) in [7, 11) is 0. The van der Waals surface area contributed by atoms with E-state index >= 15 is 0 Å². The highest BCUT2D eigenvalue weighted by Crippen LogP contribution is 2.21. The average Bonchev–Trinajstić information content (AvgIpc) is 2.72. The number of carbonyl (C=O) groups excluding carboxylic acids is 2. The third kappa shape index (κ3) is 5.87. The molecule has 0 aromatic heterocycles. The van der Waals surface area contributed by atoms with Gasteiger partial charge in [0.1, 0.15) is 0 Å². The maximum Gasteiger partial charge on any atom is 0.321 e. The van der Waals surface area contributed by atoms with Gasteiger partial charge in [-0.05, 0) is 48.4 Å². The molecule has 3 amide bonds. The smallest absolute Gasteiger partial charge is 0.321 e. The lowest BCUT2D eigenvalue weighted by atomic mass is 10.1. The summed E-state index contributed by atoms with van der Waals surface area (Å²) in [6.07, 6.45) is 0. The van der Waals surface area contributed by atoms with Crippen molar-refractivity contribution in [3.05, 3.63) is 59.1 Å². The lowest BCUT2D eigenvalue weighted by molar-refractivity contribution is 0.0949. The average molecular weight is 415 g/mol. The molecule has 0 aliphatic carbocycles. The van der Waals surface area contributed by atoms with Crippen LogP contribution in [0, 0.1) is 5.92 Å². The van der Waals surface area contributed by atoms with E-state index in [0.29, 0.717) is 41.8 Å². The number of hydrogen-bond donors (Lipinski definition) is 2. The number of urea groups is 1. The van der Waals surface area contributed by atoms with E-state index in [0.717, 1.165) is 18.8 Å². The quantitative estimate of drug-likeness (QED) is 0.774. The fraction of sp³-hybridized carbons (Fsp3) is 0.364. The van der Waals surface area contributed by atoms with E-state index in [2.05, 4.69) is 15.5 Å². The molecule has 2 N–H and O–H groups in total.